The minimum atomic E-state index is -5.08. The van der Waals surface area contributed by atoms with Crippen LogP contribution < -0.4 is 0 Å². The zero-order valence-corrected chi connectivity index (χ0v) is 20.0. The van der Waals surface area contributed by atoms with Crippen LogP contribution in [0.15, 0.2) is 30.3 Å². The molecular weight excluding hydrogens is 465 g/mol. The molecule has 10 heteroatoms. The third kappa shape index (κ3) is 7.65. The lowest BCUT2D eigenvalue weighted by Crippen LogP contribution is -2.44. The predicted octanol–water partition coefficient (Wildman–Crippen LogP) is 3.57. The van der Waals surface area contributed by atoms with E-state index < -0.39 is 12.1 Å². The first-order valence-electron chi connectivity index (χ1n) is 12.1. The normalized spacial score (nSPS) is 26.3. The molecular formula is C25H35F3N2O5. The van der Waals surface area contributed by atoms with E-state index in [0.29, 0.717) is 12.1 Å². The molecule has 1 aromatic rings. The molecule has 2 heterocycles. The number of piperidine rings is 1. The largest absolute Gasteiger partial charge is 0.490 e. The van der Waals surface area contributed by atoms with Crippen molar-refractivity contribution < 1.29 is 37.7 Å². The summed E-state index contributed by atoms with van der Waals surface area (Å²) in [5, 5.41) is 16.8. The number of halogens is 3. The Hall–Kier alpha value is -2.17. The molecule has 1 spiro atoms. The number of hydrogen-bond donors (Lipinski definition) is 2. The van der Waals surface area contributed by atoms with Crippen molar-refractivity contribution in [1.29, 1.82) is 0 Å². The molecule has 2 aliphatic heterocycles. The third-order valence-corrected chi connectivity index (χ3v) is 7.44. The van der Waals surface area contributed by atoms with Gasteiger partial charge in [-0.15, -0.1) is 0 Å². The van der Waals surface area contributed by atoms with Gasteiger partial charge in [0, 0.05) is 31.2 Å². The fraction of sp³-hybridized carbons (Fsp3) is 0.680. The first kappa shape index (κ1) is 27.4. The third-order valence-electron chi connectivity index (χ3n) is 7.44. The van der Waals surface area contributed by atoms with Crippen molar-refractivity contribution in [3.05, 3.63) is 35.9 Å². The van der Waals surface area contributed by atoms with E-state index in [4.69, 9.17) is 14.6 Å². The predicted molar refractivity (Wildman–Crippen MR) is 123 cm³/mol. The number of carbonyl (C=O) groups excluding carboxylic acids is 1. The second-order valence-corrected chi connectivity index (χ2v) is 10.0. The van der Waals surface area contributed by atoms with Gasteiger partial charge in [0.1, 0.15) is 0 Å². The standard InChI is InChI=1S/C23H34N2O3.C2HF3O2/c1-24(19-7-9-20(26)10-8-19)16-21-15-23(17-28-21)11-13-25(14-12-23)22(27)18-5-3-2-4-6-18;3-2(4,5)1(6)7/h2-6,19-21,26H,7-17H2,1H3;(H,6,7). The molecule has 1 aliphatic carbocycles. The number of nitrogens with zero attached hydrogens (tertiary/aromatic N) is 2. The van der Waals surface area contributed by atoms with Crippen molar-refractivity contribution in [2.45, 2.75) is 69.4 Å². The van der Waals surface area contributed by atoms with Crippen LogP contribution in [0, 0.1) is 5.41 Å². The summed E-state index contributed by atoms with van der Waals surface area (Å²) in [5.74, 6) is -2.60. The number of alkyl halides is 3. The molecule has 7 nitrogen and oxygen atoms in total. The maximum atomic E-state index is 12.7. The molecule has 3 fully saturated rings. The van der Waals surface area contributed by atoms with Crippen LogP contribution in [-0.2, 0) is 9.53 Å². The molecule has 0 aromatic heterocycles. The number of aliphatic carboxylic acids is 1. The SMILES string of the molecule is CN(CC1CC2(CCN(C(=O)c3ccccc3)CC2)CO1)C1CCC(O)CC1.O=C(O)C(F)(F)F. The van der Waals surface area contributed by atoms with E-state index >= 15 is 0 Å². The first-order chi connectivity index (χ1) is 16.5. The van der Waals surface area contributed by atoms with Gasteiger partial charge in [-0.25, -0.2) is 4.79 Å². The number of rotatable bonds is 4. The quantitative estimate of drug-likeness (QED) is 0.657. The van der Waals surface area contributed by atoms with E-state index in [1.165, 1.54) is 0 Å². The van der Waals surface area contributed by atoms with Crippen LogP contribution in [0.4, 0.5) is 13.2 Å². The molecule has 196 valence electrons. The van der Waals surface area contributed by atoms with Crippen molar-refractivity contribution in [3.63, 3.8) is 0 Å². The average Bonchev–Trinajstić information content (AvgIpc) is 3.21. The molecule has 1 saturated carbocycles. The minimum Gasteiger partial charge on any atom is -0.475 e. The van der Waals surface area contributed by atoms with Crippen LogP contribution in [0.2, 0.25) is 0 Å². The van der Waals surface area contributed by atoms with Crippen molar-refractivity contribution >= 4 is 11.9 Å². The Morgan fingerprint density at radius 1 is 1.11 bits per heavy atom. The van der Waals surface area contributed by atoms with Crippen LogP contribution in [0.5, 0.6) is 0 Å². The first-order valence-corrected chi connectivity index (χ1v) is 12.1. The highest BCUT2D eigenvalue weighted by molar-refractivity contribution is 5.94. The number of carboxylic acid groups (broad SMARTS) is 1. The van der Waals surface area contributed by atoms with Crippen molar-refractivity contribution in [1.82, 2.24) is 9.80 Å². The topological polar surface area (TPSA) is 90.3 Å². The van der Waals surface area contributed by atoms with E-state index in [2.05, 4.69) is 11.9 Å². The van der Waals surface area contributed by atoms with Gasteiger partial charge in [-0.1, -0.05) is 18.2 Å². The highest BCUT2D eigenvalue weighted by Gasteiger charge is 2.43. The second kappa shape index (κ2) is 11.7. The van der Waals surface area contributed by atoms with Gasteiger partial charge in [-0.05, 0) is 69.5 Å². The Bertz CT molecular complexity index is 835. The van der Waals surface area contributed by atoms with Gasteiger partial charge in [0.25, 0.3) is 5.91 Å². The molecule has 0 radical (unpaired) electrons. The van der Waals surface area contributed by atoms with Crippen LogP contribution in [0.25, 0.3) is 0 Å². The summed E-state index contributed by atoms with van der Waals surface area (Å²) in [6.07, 6.45) is 2.35. The summed E-state index contributed by atoms with van der Waals surface area (Å²) in [6.45, 7) is 3.48. The molecule has 4 rings (SSSR count). The monoisotopic (exact) mass is 500 g/mol. The van der Waals surface area contributed by atoms with Crippen LogP contribution in [0.3, 0.4) is 0 Å². The van der Waals surface area contributed by atoms with Gasteiger partial charge in [0.15, 0.2) is 0 Å². The summed E-state index contributed by atoms with van der Waals surface area (Å²) >= 11 is 0. The average molecular weight is 501 g/mol. The van der Waals surface area contributed by atoms with Gasteiger partial charge in [-0.3, -0.25) is 4.79 Å². The smallest absolute Gasteiger partial charge is 0.475 e. The fourth-order valence-corrected chi connectivity index (χ4v) is 5.28. The van der Waals surface area contributed by atoms with Gasteiger partial charge in [0.2, 0.25) is 0 Å². The number of amides is 1. The lowest BCUT2D eigenvalue weighted by atomic mass is 9.76. The van der Waals surface area contributed by atoms with Crippen molar-refractivity contribution in [3.8, 4) is 0 Å². The molecule has 0 bridgehead atoms. The van der Waals surface area contributed by atoms with Gasteiger partial charge < -0.3 is 24.7 Å². The Morgan fingerprint density at radius 2 is 1.69 bits per heavy atom. The zero-order chi connectivity index (χ0) is 25.6. The molecule has 1 aromatic carbocycles. The summed E-state index contributed by atoms with van der Waals surface area (Å²) in [4.78, 5) is 26.0. The van der Waals surface area contributed by atoms with E-state index in [1.54, 1.807) is 0 Å². The van der Waals surface area contributed by atoms with E-state index in [1.807, 2.05) is 35.2 Å². The van der Waals surface area contributed by atoms with Crippen molar-refractivity contribution in [2.75, 3.05) is 33.3 Å². The van der Waals surface area contributed by atoms with Crippen molar-refractivity contribution in [2.24, 2.45) is 5.41 Å². The van der Waals surface area contributed by atoms with Gasteiger partial charge >= 0.3 is 12.1 Å². The Labute approximate surface area is 203 Å². The van der Waals surface area contributed by atoms with Gasteiger partial charge in [-0.2, -0.15) is 13.2 Å². The summed E-state index contributed by atoms with van der Waals surface area (Å²) in [7, 11) is 2.21. The summed E-state index contributed by atoms with van der Waals surface area (Å²) < 4.78 is 38.0. The maximum Gasteiger partial charge on any atom is 0.490 e. The van der Waals surface area contributed by atoms with Crippen LogP contribution >= 0.6 is 0 Å². The molecule has 2 saturated heterocycles. The van der Waals surface area contributed by atoms with E-state index in [-0.39, 0.29) is 17.4 Å². The fourth-order valence-electron chi connectivity index (χ4n) is 5.28. The molecule has 1 amide bonds. The number of aliphatic hydroxyl groups excluding tert-OH is 1. The molecule has 35 heavy (non-hydrogen) atoms. The number of benzene rings is 1. The second-order valence-electron chi connectivity index (χ2n) is 10.0. The molecule has 2 N–H and O–H groups in total. The maximum absolute atomic E-state index is 12.7. The van der Waals surface area contributed by atoms with Gasteiger partial charge in [0.05, 0.1) is 18.8 Å². The van der Waals surface area contributed by atoms with Crippen LogP contribution in [0.1, 0.15) is 55.3 Å². The highest BCUT2D eigenvalue weighted by atomic mass is 19.4. The number of hydrogen-bond acceptors (Lipinski definition) is 5. The number of carbonyl (C=O) groups is 2. The number of carboxylic acids is 1. The number of ether oxygens (including phenoxy) is 1. The Balaban J connectivity index is 0.000000429. The number of likely N-dealkylation sites (tertiary alicyclic amines) is 1. The Kier molecular flexibility index (Phi) is 9.17. The number of aliphatic hydroxyl groups is 1. The zero-order valence-electron chi connectivity index (χ0n) is 20.0. The van der Waals surface area contributed by atoms with E-state index in [0.717, 1.165) is 76.8 Å². The molecule has 3 aliphatic rings. The minimum absolute atomic E-state index is 0.0977. The highest BCUT2D eigenvalue weighted by Crippen LogP contribution is 2.42. The van der Waals surface area contributed by atoms with E-state index in [9.17, 15) is 23.1 Å². The molecule has 1 atom stereocenters. The lowest BCUT2D eigenvalue weighted by Gasteiger charge is -2.39. The molecule has 1 unspecified atom stereocenters. The summed E-state index contributed by atoms with van der Waals surface area (Å²) in [5.41, 5.74) is 1.04. The Morgan fingerprint density at radius 3 is 2.23 bits per heavy atom. The lowest BCUT2D eigenvalue weighted by molar-refractivity contribution is -0.192. The van der Waals surface area contributed by atoms with Crippen LogP contribution in [-0.4, -0.2) is 89.6 Å². The summed E-state index contributed by atoms with van der Waals surface area (Å²) in [6, 6.07) is 10.2. The number of likely N-dealkylation sites (N-methyl/N-ethyl adjacent to an activating group) is 1.